The number of nitrogens with two attached hydrogens (primary N) is 1. The van der Waals surface area contributed by atoms with Crippen molar-refractivity contribution in [3.8, 4) is 0 Å². The third kappa shape index (κ3) is 2.94. The number of carbonyl (C=O) groups is 1. The number of aliphatic carboxylic acids is 1. The smallest absolute Gasteiger partial charge is 0.335 e. The van der Waals surface area contributed by atoms with Gasteiger partial charge in [0.1, 0.15) is 0 Å². The lowest BCUT2D eigenvalue weighted by molar-refractivity contribution is -0.174. The maximum Gasteiger partial charge on any atom is 0.335 e. The van der Waals surface area contributed by atoms with Crippen LogP contribution in [0.25, 0.3) is 0 Å². The lowest BCUT2D eigenvalue weighted by Gasteiger charge is -2.25. The molecule has 0 radical (unpaired) electrons. The zero-order chi connectivity index (χ0) is 8.27. The molecule has 1 saturated heterocycles. The van der Waals surface area contributed by atoms with E-state index in [1.165, 1.54) is 0 Å². The van der Waals surface area contributed by atoms with E-state index in [0.29, 0.717) is 6.54 Å². The highest BCUT2D eigenvalue weighted by atomic mass is 35.5. The lowest BCUT2D eigenvalue weighted by atomic mass is 10.3. The molecule has 1 heterocycles. The Morgan fingerprint density at radius 1 is 1.50 bits per heavy atom. The van der Waals surface area contributed by atoms with Crippen molar-refractivity contribution >= 4 is 18.4 Å². The van der Waals surface area contributed by atoms with Gasteiger partial charge in [-0.2, -0.15) is 0 Å². The van der Waals surface area contributed by atoms with Crippen LogP contribution in [0.1, 0.15) is 0 Å². The number of hydrogen-bond donors (Lipinski definition) is 2. The van der Waals surface area contributed by atoms with Gasteiger partial charge in [0.2, 0.25) is 0 Å². The fourth-order valence-corrected chi connectivity index (χ4v) is 0.822. The minimum atomic E-state index is -0.986. The maximum absolute atomic E-state index is 10.3. The first kappa shape index (κ1) is 11.6. The standard InChI is InChI=1S/C6H11NO4.ClH/c7-1-4-2-11-5(3-10-4)6(8)9;/h4-5H,1-3,7H2,(H,8,9);1H/t4-,5-;/m1./s1. The highest BCUT2D eigenvalue weighted by Gasteiger charge is 2.26. The Labute approximate surface area is 76.2 Å². The van der Waals surface area contributed by atoms with Crippen LogP contribution in [-0.2, 0) is 14.3 Å². The molecule has 0 aromatic carbocycles. The summed E-state index contributed by atoms with van der Waals surface area (Å²) in [7, 11) is 0. The average Bonchev–Trinajstić information content (AvgIpc) is 2.05. The average molecular weight is 198 g/mol. The summed E-state index contributed by atoms with van der Waals surface area (Å²) in [4.78, 5) is 10.3. The molecule has 72 valence electrons. The Hall–Kier alpha value is -0.360. The second-order valence-electron chi connectivity index (χ2n) is 2.35. The van der Waals surface area contributed by atoms with Crippen LogP contribution < -0.4 is 5.73 Å². The Balaban J connectivity index is 0.00000121. The molecule has 2 atom stereocenters. The highest BCUT2D eigenvalue weighted by Crippen LogP contribution is 2.05. The summed E-state index contributed by atoms with van der Waals surface area (Å²) in [5.41, 5.74) is 5.27. The number of carboxylic acid groups (broad SMARTS) is 1. The van der Waals surface area contributed by atoms with Gasteiger partial charge in [-0.3, -0.25) is 0 Å². The molecule has 0 unspecified atom stereocenters. The molecule has 0 aromatic rings. The fraction of sp³-hybridized carbons (Fsp3) is 0.833. The molecule has 12 heavy (non-hydrogen) atoms. The molecular weight excluding hydrogens is 186 g/mol. The van der Waals surface area contributed by atoms with E-state index in [2.05, 4.69) is 0 Å². The van der Waals surface area contributed by atoms with Crippen LogP contribution in [0, 0.1) is 0 Å². The summed E-state index contributed by atoms with van der Waals surface area (Å²) in [6, 6.07) is 0. The Kier molecular flexibility index (Phi) is 5.16. The molecule has 0 aromatic heterocycles. The fourth-order valence-electron chi connectivity index (χ4n) is 0.822. The number of hydrogen-bond acceptors (Lipinski definition) is 4. The lowest BCUT2D eigenvalue weighted by Crippen LogP contribution is -2.43. The molecule has 0 saturated carbocycles. The van der Waals surface area contributed by atoms with Crippen molar-refractivity contribution in [2.24, 2.45) is 5.73 Å². The number of rotatable bonds is 2. The maximum atomic E-state index is 10.3. The summed E-state index contributed by atoms with van der Waals surface area (Å²) in [5.74, 6) is -0.986. The Morgan fingerprint density at radius 3 is 2.50 bits per heavy atom. The molecule has 0 aliphatic carbocycles. The van der Waals surface area contributed by atoms with E-state index in [1.807, 2.05) is 0 Å². The molecule has 0 spiro atoms. The first-order valence-corrected chi connectivity index (χ1v) is 3.40. The molecule has 1 rings (SSSR count). The molecule has 3 N–H and O–H groups in total. The first-order valence-electron chi connectivity index (χ1n) is 3.40. The van der Waals surface area contributed by atoms with Crippen molar-refractivity contribution in [1.29, 1.82) is 0 Å². The predicted molar refractivity (Wildman–Crippen MR) is 43.4 cm³/mol. The predicted octanol–water partition coefficient (Wildman–Crippen LogP) is -0.765. The molecule has 0 amide bonds. The van der Waals surface area contributed by atoms with Crippen LogP contribution in [0.5, 0.6) is 0 Å². The Morgan fingerprint density at radius 2 is 2.17 bits per heavy atom. The monoisotopic (exact) mass is 197 g/mol. The second kappa shape index (κ2) is 5.31. The third-order valence-electron chi connectivity index (χ3n) is 1.50. The van der Waals surface area contributed by atoms with Crippen LogP contribution in [0.3, 0.4) is 0 Å². The van der Waals surface area contributed by atoms with Crippen molar-refractivity contribution in [1.82, 2.24) is 0 Å². The minimum Gasteiger partial charge on any atom is -0.479 e. The van der Waals surface area contributed by atoms with Gasteiger partial charge in [0.25, 0.3) is 0 Å². The van der Waals surface area contributed by atoms with Crippen molar-refractivity contribution in [2.75, 3.05) is 19.8 Å². The largest absolute Gasteiger partial charge is 0.479 e. The van der Waals surface area contributed by atoms with Crippen molar-refractivity contribution in [3.63, 3.8) is 0 Å². The zero-order valence-electron chi connectivity index (χ0n) is 6.43. The van der Waals surface area contributed by atoms with E-state index in [-0.39, 0.29) is 31.7 Å². The van der Waals surface area contributed by atoms with E-state index in [9.17, 15) is 4.79 Å². The van der Waals surface area contributed by atoms with E-state index < -0.39 is 12.1 Å². The van der Waals surface area contributed by atoms with Gasteiger partial charge in [0.15, 0.2) is 6.10 Å². The molecule has 1 aliphatic rings. The van der Waals surface area contributed by atoms with Gasteiger partial charge in [-0.1, -0.05) is 0 Å². The molecule has 1 fully saturated rings. The molecule has 1 aliphatic heterocycles. The van der Waals surface area contributed by atoms with Crippen LogP contribution >= 0.6 is 12.4 Å². The van der Waals surface area contributed by atoms with E-state index in [4.69, 9.17) is 20.3 Å². The third-order valence-corrected chi connectivity index (χ3v) is 1.50. The number of ether oxygens (including phenoxy) is 2. The highest BCUT2D eigenvalue weighted by molar-refractivity contribution is 5.85. The first-order chi connectivity index (χ1) is 5.24. The van der Waals surface area contributed by atoms with Gasteiger partial charge in [-0.05, 0) is 0 Å². The van der Waals surface area contributed by atoms with Crippen molar-refractivity contribution in [2.45, 2.75) is 12.2 Å². The van der Waals surface area contributed by atoms with Gasteiger partial charge in [-0.25, -0.2) is 4.79 Å². The molecule has 5 nitrogen and oxygen atoms in total. The van der Waals surface area contributed by atoms with Gasteiger partial charge in [-0.15, -0.1) is 12.4 Å². The quantitative estimate of drug-likeness (QED) is 0.608. The Bertz CT molecular complexity index is 146. The molecular formula is C6H12ClNO4. The van der Waals surface area contributed by atoms with Crippen LogP contribution in [-0.4, -0.2) is 43.0 Å². The summed E-state index contributed by atoms with van der Waals surface area (Å²) in [6.45, 7) is 0.733. The van der Waals surface area contributed by atoms with Gasteiger partial charge < -0.3 is 20.3 Å². The summed E-state index contributed by atoms with van der Waals surface area (Å²) in [5, 5.41) is 8.46. The summed E-state index contributed by atoms with van der Waals surface area (Å²) >= 11 is 0. The van der Waals surface area contributed by atoms with E-state index in [0.717, 1.165) is 0 Å². The molecule has 6 heteroatoms. The summed E-state index contributed by atoms with van der Waals surface area (Å²) in [6.07, 6.45) is -0.969. The van der Waals surface area contributed by atoms with Crippen LogP contribution in [0.15, 0.2) is 0 Å². The van der Waals surface area contributed by atoms with Gasteiger partial charge in [0, 0.05) is 6.54 Å². The van der Waals surface area contributed by atoms with Gasteiger partial charge >= 0.3 is 5.97 Å². The van der Waals surface area contributed by atoms with Crippen molar-refractivity contribution < 1.29 is 19.4 Å². The normalized spacial score (nSPS) is 29.1. The number of carboxylic acids is 1. The molecule has 0 bridgehead atoms. The van der Waals surface area contributed by atoms with Crippen LogP contribution in [0.4, 0.5) is 0 Å². The second-order valence-corrected chi connectivity index (χ2v) is 2.35. The minimum absolute atomic E-state index is 0. The SMILES string of the molecule is Cl.NC[C@@H]1CO[C@@H](C(=O)O)CO1. The van der Waals surface area contributed by atoms with Crippen molar-refractivity contribution in [3.05, 3.63) is 0 Å². The van der Waals surface area contributed by atoms with Crippen LogP contribution in [0.2, 0.25) is 0 Å². The van der Waals surface area contributed by atoms with Gasteiger partial charge in [0.05, 0.1) is 19.3 Å². The number of halogens is 1. The zero-order valence-corrected chi connectivity index (χ0v) is 7.25. The summed E-state index contributed by atoms with van der Waals surface area (Å²) < 4.78 is 10.0. The topological polar surface area (TPSA) is 81.8 Å². The van der Waals surface area contributed by atoms with E-state index >= 15 is 0 Å². The van der Waals surface area contributed by atoms with E-state index in [1.54, 1.807) is 0 Å².